The van der Waals surface area contributed by atoms with Crippen molar-refractivity contribution in [2.75, 3.05) is 13.2 Å². The maximum atomic E-state index is 9.06. The summed E-state index contributed by atoms with van der Waals surface area (Å²) >= 11 is 0. The molecule has 0 bridgehead atoms. The highest BCUT2D eigenvalue weighted by molar-refractivity contribution is 5.08. The van der Waals surface area contributed by atoms with Gasteiger partial charge in [-0.15, -0.1) is 0 Å². The third-order valence-corrected chi connectivity index (χ3v) is 3.32. The third-order valence-electron chi connectivity index (χ3n) is 3.32. The molecule has 0 unspecified atom stereocenters. The maximum Gasteiger partial charge on any atom is 0.0445 e. The monoisotopic (exact) mass is 220 g/mol. The smallest absolute Gasteiger partial charge is 0.0445 e. The van der Waals surface area contributed by atoms with Gasteiger partial charge in [0.25, 0.3) is 0 Å². The van der Waals surface area contributed by atoms with Gasteiger partial charge in [-0.1, -0.05) is 12.5 Å². The topological polar surface area (TPSA) is 36.4 Å². The van der Waals surface area contributed by atoms with Crippen LogP contribution < -0.4 is 0 Å². The Balaban J connectivity index is 1.96. The number of piperidine rings is 1. The summed E-state index contributed by atoms with van der Waals surface area (Å²) in [6, 6.07) is 4.66. The fourth-order valence-electron chi connectivity index (χ4n) is 2.47. The zero-order valence-electron chi connectivity index (χ0n) is 9.68. The molecule has 2 rings (SSSR count). The zero-order valence-corrected chi connectivity index (χ0v) is 9.68. The molecule has 0 aromatic carbocycles. The third kappa shape index (κ3) is 3.03. The standard InChI is InChI=1S/C13H20N2O/c16-9-6-13-5-1-2-8-15(13)11-12-4-3-7-14-10-12/h3-4,7,10,13,16H,1-2,5-6,8-9,11H2/t13-/m0/s1. The molecule has 0 spiro atoms. The molecule has 1 saturated heterocycles. The Morgan fingerprint density at radius 1 is 1.44 bits per heavy atom. The van der Waals surface area contributed by atoms with Crippen molar-refractivity contribution in [3.05, 3.63) is 30.1 Å². The van der Waals surface area contributed by atoms with Crippen LogP contribution in [0.15, 0.2) is 24.5 Å². The fraction of sp³-hybridized carbons (Fsp3) is 0.615. The summed E-state index contributed by atoms with van der Waals surface area (Å²) in [6.07, 6.45) is 8.45. The van der Waals surface area contributed by atoms with Gasteiger partial charge in [-0.25, -0.2) is 0 Å². The van der Waals surface area contributed by atoms with Crippen LogP contribution in [-0.2, 0) is 6.54 Å². The largest absolute Gasteiger partial charge is 0.396 e. The van der Waals surface area contributed by atoms with Crippen LogP contribution in [0.2, 0.25) is 0 Å². The molecule has 1 aliphatic heterocycles. The molecule has 1 fully saturated rings. The summed E-state index contributed by atoms with van der Waals surface area (Å²) in [5.74, 6) is 0. The van der Waals surface area contributed by atoms with E-state index in [4.69, 9.17) is 5.11 Å². The minimum absolute atomic E-state index is 0.300. The van der Waals surface area contributed by atoms with Crippen molar-refractivity contribution in [2.45, 2.75) is 38.3 Å². The van der Waals surface area contributed by atoms with E-state index in [2.05, 4.69) is 16.0 Å². The summed E-state index contributed by atoms with van der Waals surface area (Å²) in [5, 5.41) is 9.06. The van der Waals surface area contributed by atoms with E-state index in [9.17, 15) is 0 Å². The van der Waals surface area contributed by atoms with Crippen LogP contribution in [0.4, 0.5) is 0 Å². The normalized spacial score (nSPS) is 22.2. The van der Waals surface area contributed by atoms with Gasteiger partial charge in [0.15, 0.2) is 0 Å². The maximum absolute atomic E-state index is 9.06. The Morgan fingerprint density at radius 2 is 2.38 bits per heavy atom. The number of likely N-dealkylation sites (tertiary alicyclic amines) is 1. The van der Waals surface area contributed by atoms with Crippen LogP contribution in [0.5, 0.6) is 0 Å². The molecular weight excluding hydrogens is 200 g/mol. The van der Waals surface area contributed by atoms with E-state index in [0.29, 0.717) is 12.6 Å². The predicted octanol–water partition coefficient (Wildman–Crippen LogP) is 1.82. The van der Waals surface area contributed by atoms with Crippen LogP contribution >= 0.6 is 0 Å². The van der Waals surface area contributed by atoms with Gasteiger partial charge in [-0.05, 0) is 37.4 Å². The van der Waals surface area contributed by atoms with Crippen molar-refractivity contribution in [3.63, 3.8) is 0 Å². The van der Waals surface area contributed by atoms with Crippen molar-refractivity contribution in [2.24, 2.45) is 0 Å². The second kappa shape index (κ2) is 5.97. The molecule has 1 aromatic heterocycles. The van der Waals surface area contributed by atoms with Gasteiger partial charge in [0.05, 0.1) is 0 Å². The van der Waals surface area contributed by atoms with Crippen LogP contribution in [0, 0.1) is 0 Å². The number of nitrogens with zero attached hydrogens (tertiary/aromatic N) is 2. The first kappa shape index (κ1) is 11.6. The molecule has 16 heavy (non-hydrogen) atoms. The minimum Gasteiger partial charge on any atom is -0.396 e. The molecule has 1 aliphatic rings. The molecule has 0 aliphatic carbocycles. The van der Waals surface area contributed by atoms with Crippen molar-refractivity contribution in [3.8, 4) is 0 Å². The predicted molar refractivity (Wildman–Crippen MR) is 64.0 cm³/mol. The highest BCUT2D eigenvalue weighted by atomic mass is 16.3. The summed E-state index contributed by atoms with van der Waals surface area (Å²) in [5.41, 5.74) is 1.27. The average Bonchev–Trinajstić information content (AvgIpc) is 2.33. The van der Waals surface area contributed by atoms with E-state index >= 15 is 0 Å². The minimum atomic E-state index is 0.300. The summed E-state index contributed by atoms with van der Waals surface area (Å²) in [4.78, 5) is 6.63. The number of rotatable bonds is 4. The van der Waals surface area contributed by atoms with Gasteiger partial charge in [0, 0.05) is 31.6 Å². The lowest BCUT2D eigenvalue weighted by molar-refractivity contribution is 0.112. The molecule has 1 aromatic rings. The van der Waals surface area contributed by atoms with Gasteiger partial charge in [0.1, 0.15) is 0 Å². The van der Waals surface area contributed by atoms with E-state index in [1.807, 2.05) is 18.5 Å². The Labute approximate surface area is 97.1 Å². The molecular formula is C13H20N2O. The highest BCUT2D eigenvalue weighted by Crippen LogP contribution is 2.21. The first-order chi connectivity index (χ1) is 7.90. The molecule has 1 N–H and O–H groups in total. The van der Waals surface area contributed by atoms with E-state index in [1.54, 1.807) is 0 Å². The second-order valence-electron chi connectivity index (χ2n) is 4.49. The number of aliphatic hydroxyl groups is 1. The number of aliphatic hydroxyl groups excluding tert-OH is 1. The number of hydrogen-bond acceptors (Lipinski definition) is 3. The lowest BCUT2D eigenvalue weighted by Crippen LogP contribution is -2.39. The number of pyridine rings is 1. The molecule has 88 valence electrons. The van der Waals surface area contributed by atoms with Crippen LogP contribution in [0.25, 0.3) is 0 Å². The lowest BCUT2D eigenvalue weighted by atomic mass is 9.99. The SMILES string of the molecule is OCC[C@@H]1CCCCN1Cc1cccnc1. The molecule has 3 heteroatoms. The molecule has 0 radical (unpaired) electrons. The number of aromatic nitrogens is 1. The van der Waals surface area contributed by atoms with Gasteiger partial charge in [0.2, 0.25) is 0 Å². The Morgan fingerprint density at radius 3 is 3.12 bits per heavy atom. The van der Waals surface area contributed by atoms with E-state index in [1.165, 1.54) is 24.8 Å². The molecule has 0 amide bonds. The first-order valence-corrected chi connectivity index (χ1v) is 6.14. The van der Waals surface area contributed by atoms with Gasteiger partial charge in [-0.3, -0.25) is 9.88 Å². The quantitative estimate of drug-likeness (QED) is 0.841. The lowest BCUT2D eigenvalue weighted by Gasteiger charge is -2.35. The van der Waals surface area contributed by atoms with Gasteiger partial charge in [-0.2, -0.15) is 0 Å². The van der Waals surface area contributed by atoms with Crippen molar-refractivity contribution in [1.29, 1.82) is 0 Å². The fourth-order valence-corrected chi connectivity index (χ4v) is 2.47. The Hall–Kier alpha value is -0.930. The van der Waals surface area contributed by atoms with Crippen molar-refractivity contribution < 1.29 is 5.11 Å². The summed E-state index contributed by atoms with van der Waals surface area (Å²) in [7, 11) is 0. The van der Waals surface area contributed by atoms with Crippen LogP contribution in [0.1, 0.15) is 31.2 Å². The number of hydrogen-bond donors (Lipinski definition) is 1. The van der Waals surface area contributed by atoms with E-state index in [-0.39, 0.29) is 0 Å². The van der Waals surface area contributed by atoms with Crippen LogP contribution in [0.3, 0.4) is 0 Å². The Kier molecular flexibility index (Phi) is 4.31. The Bertz CT molecular complexity index is 300. The van der Waals surface area contributed by atoms with E-state index < -0.39 is 0 Å². The molecule has 1 atom stereocenters. The van der Waals surface area contributed by atoms with Crippen LogP contribution in [-0.4, -0.2) is 34.2 Å². The zero-order chi connectivity index (χ0) is 11.2. The van der Waals surface area contributed by atoms with Crippen molar-refractivity contribution >= 4 is 0 Å². The van der Waals surface area contributed by atoms with Gasteiger partial charge < -0.3 is 5.11 Å². The summed E-state index contributed by atoms with van der Waals surface area (Å²) in [6.45, 7) is 2.42. The summed E-state index contributed by atoms with van der Waals surface area (Å²) < 4.78 is 0. The molecule has 0 saturated carbocycles. The van der Waals surface area contributed by atoms with E-state index in [0.717, 1.165) is 19.5 Å². The van der Waals surface area contributed by atoms with Crippen molar-refractivity contribution in [1.82, 2.24) is 9.88 Å². The second-order valence-corrected chi connectivity index (χ2v) is 4.49. The highest BCUT2D eigenvalue weighted by Gasteiger charge is 2.21. The molecule has 2 heterocycles. The molecule has 3 nitrogen and oxygen atoms in total. The first-order valence-electron chi connectivity index (χ1n) is 6.14. The van der Waals surface area contributed by atoms with Gasteiger partial charge >= 0.3 is 0 Å². The average molecular weight is 220 g/mol.